The van der Waals surface area contributed by atoms with Gasteiger partial charge in [-0.1, -0.05) is 12.1 Å². The molecule has 0 fully saturated rings. The zero-order chi connectivity index (χ0) is 14.1. The highest BCUT2D eigenvalue weighted by atomic mass is 79.9. The highest BCUT2D eigenvalue weighted by Crippen LogP contribution is 2.33. The Morgan fingerprint density at radius 2 is 2.05 bits per heavy atom. The molecule has 2 heterocycles. The van der Waals surface area contributed by atoms with Crippen LogP contribution in [-0.2, 0) is 0 Å². The van der Waals surface area contributed by atoms with E-state index >= 15 is 0 Å². The number of para-hydroxylation sites is 1. The number of nitrogen functional groups attached to an aromatic ring is 1. The molecule has 0 aliphatic rings. The number of fused-ring (bicyclic) bond motifs is 1. The summed E-state index contributed by atoms with van der Waals surface area (Å²) in [5.74, 6) is 1.30. The summed E-state index contributed by atoms with van der Waals surface area (Å²) in [7, 11) is 0. The van der Waals surface area contributed by atoms with Crippen LogP contribution in [-0.4, -0.2) is 9.97 Å². The first-order valence-electron chi connectivity index (χ1n) is 6.08. The number of ether oxygens (including phenoxy) is 1. The van der Waals surface area contributed by atoms with Crippen molar-refractivity contribution in [3.8, 4) is 11.5 Å². The van der Waals surface area contributed by atoms with Crippen LogP contribution in [0.15, 0.2) is 47.2 Å². The SMILES string of the molecule is Cc1cccc(N)c1Oc1ccnc2cc(Br)cnc12. The van der Waals surface area contributed by atoms with Crippen LogP contribution in [0.3, 0.4) is 0 Å². The molecule has 0 atom stereocenters. The standard InChI is InChI=1S/C15H12BrN3O/c1-9-3-2-4-11(17)15(9)20-13-5-6-18-12-7-10(16)8-19-14(12)13/h2-8H,17H2,1H3. The average Bonchev–Trinajstić information content (AvgIpc) is 2.42. The molecule has 0 aliphatic heterocycles. The van der Waals surface area contributed by atoms with Crippen LogP contribution in [0.2, 0.25) is 0 Å². The van der Waals surface area contributed by atoms with Gasteiger partial charge in [0.2, 0.25) is 0 Å². The van der Waals surface area contributed by atoms with Gasteiger partial charge in [0.15, 0.2) is 11.5 Å². The molecule has 0 radical (unpaired) electrons. The molecular weight excluding hydrogens is 318 g/mol. The maximum Gasteiger partial charge on any atom is 0.156 e. The molecule has 20 heavy (non-hydrogen) atoms. The Bertz CT molecular complexity index is 769. The van der Waals surface area contributed by atoms with E-state index in [1.807, 2.05) is 31.2 Å². The Morgan fingerprint density at radius 3 is 2.85 bits per heavy atom. The lowest BCUT2D eigenvalue weighted by Crippen LogP contribution is -1.96. The number of aromatic nitrogens is 2. The quantitative estimate of drug-likeness (QED) is 0.720. The molecule has 3 rings (SSSR count). The minimum atomic E-state index is 0.604. The molecule has 5 heteroatoms. The maximum absolute atomic E-state index is 5.97. The first-order chi connectivity index (χ1) is 9.65. The van der Waals surface area contributed by atoms with Crippen LogP contribution in [0.4, 0.5) is 5.69 Å². The van der Waals surface area contributed by atoms with E-state index < -0.39 is 0 Å². The molecule has 0 aliphatic carbocycles. The van der Waals surface area contributed by atoms with Crippen LogP contribution in [0.1, 0.15) is 5.56 Å². The van der Waals surface area contributed by atoms with Gasteiger partial charge in [0.25, 0.3) is 0 Å². The smallest absolute Gasteiger partial charge is 0.156 e. The van der Waals surface area contributed by atoms with Crippen molar-refractivity contribution in [3.63, 3.8) is 0 Å². The van der Waals surface area contributed by atoms with E-state index in [0.717, 1.165) is 15.6 Å². The number of benzene rings is 1. The summed E-state index contributed by atoms with van der Waals surface area (Å²) >= 11 is 3.38. The third-order valence-corrected chi connectivity index (χ3v) is 3.40. The van der Waals surface area contributed by atoms with Crippen LogP contribution in [0.5, 0.6) is 11.5 Å². The van der Waals surface area contributed by atoms with Gasteiger partial charge in [-0.15, -0.1) is 0 Å². The van der Waals surface area contributed by atoms with Crippen molar-refractivity contribution in [2.75, 3.05) is 5.73 Å². The first-order valence-corrected chi connectivity index (χ1v) is 6.87. The molecule has 0 unspecified atom stereocenters. The Kier molecular flexibility index (Phi) is 3.28. The molecule has 2 N–H and O–H groups in total. The number of nitrogens with two attached hydrogens (primary N) is 1. The zero-order valence-electron chi connectivity index (χ0n) is 10.8. The molecule has 0 spiro atoms. The van der Waals surface area contributed by atoms with Crippen molar-refractivity contribution >= 4 is 32.7 Å². The molecule has 0 saturated carbocycles. The van der Waals surface area contributed by atoms with Crippen molar-refractivity contribution in [2.45, 2.75) is 6.92 Å². The van der Waals surface area contributed by atoms with Crippen molar-refractivity contribution < 1.29 is 4.74 Å². The predicted octanol–water partition coefficient (Wildman–Crippen LogP) is 4.08. The van der Waals surface area contributed by atoms with E-state index in [9.17, 15) is 0 Å². The molecule has 0 amide bonds. The lowest BCUT2D eigenvalue weighted by Gasteiger charge is -2.12. The van der Waals surface area contributed by atoms with Gasteiger partial charge in [-0.25, -0.2) is 4.98 Å². The normalized spacial score (nSPS) is 10.7. The molecule has 2 aromatic heterocycles. The van der Waals surface area contributed by atoms with E-state index in [4.69, 9.17) is 10.5 Å². The molecule has 4 nitrogen and oxygen atoms in total. The van der Waals surface area contributed by atoms with Crippen molar-refractivity contribution in [2.24, 2.45) is 0 Å². The van der Waals surface area contributed by atoms with Gasteiger partial charge in [-0.2, -0.15) is 0 Å². The Balaban J connectivity index is 2.11. The van der Waals surface area contributed by atoms with Crippen LogP contribution >= 0.6 is 15.9 Å². The third-order valence-electron chi connectivity index (χ3n) is 2.96. The van der Waals surface area contributed by atoms with Crippen molar-refractivity contribution in [1.82, 2.24) is 9.97 Å². The zero-order valence-corrected chi connectivity index (χ0v) is 12.4. The van der Waals surface area contributed by atoms with Crippen LogP contribution in [0.25, 0.3) is 11.0 Å². The number of hydrogen-bond donors (Lipinski definition) is 1. The van der Waals surface area contributed by atoms with E-state index in [1.165, 1.54) is 0 Å². The predicted molar refractivity (Wildman–Crippen MR) is 82.9 cm³/mol. The van der Waals surface area contributed by atoms with Gasteiger partial charge in [0.1, 0.15) is 5.52 Å². The minimum absolute atomic E-state index is 0.604. The lowest BCUT2D eigenvalue weighted by atomic mass is 10.2. The van der Waals surface area contributed by atoms with E-state index in [1.54, 1.807) is 18.5 Å². The molecule has 1 aromatic carbocycles. The molecule has 100 valence electrons. The second-order valence-corrected chi connectivity index (χ2v) is 5.34. The number of halogens is 1. The Morgan fingerprint density at radius 1 is 1.20 bits per heavy atom. The van der Waals surface area contributed by atoms with E-state index in [0.29, 0.717) is 22.7 Å². The van der Waals surface area contributed by atoms with E-state index in [-0.39, 0.29) is 0 Å². The second kappa shape index (κ2) is 5.09. The summed E-state index contributed by atoms with van der Waals surface area (Å²) in [4.78, 5) is 8.65. The Labute approximate surface area is 124 Å². The number of aryl methyl sites for hydroxylation is 1. The summed E-state index contributed by atoms with van der Waals surface area (Å²) in [6.07, 6.45) is 3.42. The van der Waals surface area contributed by atoms with Crippen LogP contribution < -0.4 is 10.5 Å². The summed E-state index contributed by atoms with van der Waals surface area (Å²) in [6.45, 7) is 1.96. The van der Waals surface area contributed by atoms with Gasteiger partial charge in [-0.3, -0.25) is 4.98 Å². The van der Waals surface area contributed by atoms with Crippen molar-refractivity contribution in [3.05, 3.63) is 52.8 Å². The largest absolute Gasteiger partial charge is 0.453 e. The highest BCUT2D eigenvalue weighted by molar-refractivity contribution is 9.10. The maximum atomic E-state index is 5.97. The average molecular weight is 330 g/mol. The number of anilines is 1. The molecule has 0 saturated heterocycles. The third kappa shape index (κ3) is 2.32. The molecule has 3 aromatic rings. The monoisotopic (exact) mass is 329 g/mol. The topological polar surface area (TPSA) is 61.0 Å². The van der Waals surface area contributed by atoms with Crippen LogP contribution in [0, 0.1) is 6.92 Å². The van der Waals surface area contributed by atoms with Gasteiger partial charge in [0, 0.05) is 22.9 Å². The van der Waals surface area contributed by atoms with Gasteiger partial charge in [0.05, 0.1) is 11.2 Å². The fourth-order valence-corrected chi connectivity index (χ4v) is 2.31. The lowest BCUT2D eigenvalue weighted by molar-refractivity contribution is 0.485. The van der Waals surface area contributed by atoms with Gasteiger partial charge >= 0.3 is 0 Å². The second-order valence-electron chi connectivity index (χ2n) is 4.43. The Hall–Kier alpha value is -2.14. The highest BCUT2D eigenvalue weighted by Gasteiger charge is 2.10. The summed E-state index contributed by atoms with van der Waals surface area (Å²) < 4.78 is 6.83. The molecular formula is C15H12BrN3O. The van der Waals surface area contributed by atoms with Crippen molar-refractivity contribution in [1.29, 1.82) is 0 Å². The van der Waals surface area contributed by atoms with E-state index in [2.05, 4.69) is 25.9 Å². The minimum Gasteiger partial charge on any atom is -0.453 e. The number of nitrogens with zero attached hydrogens (tertiary/aromatic N) is 2. The van der Waals surface area contributed by atoms with Gasteiger partial charge in [-0.05, 0) is 40.5 Å². The number of hydrogen-bond acceptors (Lipinski definition) is 4. The summed E-state index contributed by atoms with van der Waals surface area (Å²) in [6, 6.07) is 9.36. The number of rotatable bonds is 2. The van der Waals surface area contributed by atoms with Gasteiger partial charge < -0.3 is 10.5 Å². The summed E-state index contributed by atoms with van der Waals surface area (Å²) in [5, 5.41) is 0. The first kappa shape index (κ1) is 12.9. The summed E-state index contributed by atoms with van der Waals surface area (Å²) in [5.41, 5.74) is 9.03. The number of pyridine rings is 2. The molecule has 0 bridgehead atoms. The fourth-order valence-electron chi connectivity index (χ4n) is 1.99. The fraction of sp³-hybridized carbons (Fsp3) is 0.0667.